The average molecular weight is 219 g/mol. The molecule has 1 aliphatic heterocycles. The number of hydrogen-bond donors (Lipinski definition) is 1. The summed E-state index contributed by atoms with van der Waals surface area (Å²) in [6, 6.07) is 9.51. The lowest BCUT2D eigenvalue weighted by molar-refractivity contribution is -0.139. The first-order valence-corrected chi connectivity index (χ1v) is 5.77. The van der Waals surface area contributed by atoms with E-state index < -0.39 is 5.97 Å². The molecule has 0 bridgehead atoms. The minimum atomic E-state index is -0.724. The van der Waals surface area contributed by atoms with E-state index in [9.17, 15) is 9.90 Å². The highest BCUT2D eigenvalue weighted by Crippen LogP contribution is 2.19. The number of likely N-dealkylation sites (tertiary alicyclic amines) is 1. The van der Waals surface area contributed by atoms with Gasteiger partial charge in [-0.25, -0.2) is 0 Å². The third-order valence-electron chi connectivity index (χ3n) is 3.14. The summed E-state index contributed by atoms with van der Waals surface area (Å²) in [7, 11) is 0. The molecule has 1 N–H and O–H groups in total. The van der Waals surface area contributed by atoms with Crippen LogP contribution in [-0.4, -0.2) is 35.6 Å². The molecular weight excluding hydrogens is 202 g/mol. The smallest absolute Gasteiger partial charge is 0.312 e. The van der Waals surface area contributed by atoms with Crippen LogP contribution in [0, 0.1) is 0 Å². The Bertz CT molecular complexity index is 344. The highest BCUT2D eigenvalue weighted by atomic mass is 16.4. The number of aliphatic carboxylic acids is 1. The van der Waals surface area contributed by atoms with E-state index in [1.54, 1.807) is 0 Å². The number of carbonyl (C=O) groups is 1. The number of carboxylic acids is 1. The lowest BCUT2D eigenvalue weighted by Gasteiger charge is -2.20. The van der Waals surface area contributed by atoms with Crippen LogP contribution in [0.1, 0.15) is 24.3 Å². The van der Waals surface area contributed by atoms with Crippen LogP contribution < -0.4 is 0 Å². The SMILES string of the molecule is O=C(O)C(CN1CCCC1)c1ccccc1. The molecule has 1 atom stereocenters. The van der Waals surface area contributed by atoms with Crippen molar-refractivity contribution < 1.29 is 9.90 Å². The molecule has 86 valence electrons. The van der Waals surface area contributed by atoms with E-state index >= 15 is 0 Å². The van der Waals surface area contributed by atoms with Crippen molar-refractivity contribution in [2.75, 3.05) is 19.6 Å². The summed E-state index contributed by atoms with van der Waals surface area (Å²) in [6.07, 6.45) is 2.39. The predicted octanol–water partition coefficient (Wildman–Crippen LogP) is 1.95. The molecule has 0 spiro atoms. The van der Waals surface area contributed by atoms with Crippen molar-refractivity contribution in [3.05, 3.63) is 35.9 Å². The third-order valence-corrected chi connectivity index (χ3v) is 3.14. The zero-order valence-electron chi connectivity index (χ0n) is 9.30. The van der Waals surface area contributed by atoms with E-state index in [4.69, 9.17) is 0 Å². The van der Waals surface area contributed by atoms with Gasteiger partial charge >= 0.3 is 5.97 Å². The molecule has 3 heteroatoms. The molecule has 1 fully saturated rings. The number of benzene rings is 1. The van der Waals surface area contributed by atoms with Gasteiger partial charge in [-0.2, -0.15) is 0 Å². The standard InChI is InChI=1S/C13H17NO2/c15-13(16)12(10-14-8-4-5-9-14)11-6-2-1-3-7-11/h1-3,6-7,12H,4-5,8-10H2,(H,15,16). The number of rotatable bonds is 4. The molecule has 1 aromatic carbocycles. The van der Waals surface area contributed by atoms with Crippen LogP contribution in [0.2, 0.25) is 0 Å². The number of nitrogens with zero attached hydrogens (tertiary/aromatic N) is 1. The van der Waals surface area contributed by atoms with Crippen LogP contribution in [0.3, 0.4) is 0 Å². The molecule has 0 amide bonds. The van der Waals surface area contributed by atoms with Crippen LogP contribution in [-0.2, 0) is 4.79 Å². The second-order valence-corrected chi connectivity index (χ2v) is 4.31. The van der Waals surface area contributed by atoms with Crippen molar-refractivity contribution in [3.63, 3.8) is 0 Å². The second-order valence-electron chi connectivity index (χ2n) is 4.31. The van der Waals surface area contributed by atoms with Gasteiger partial charge in [0, 0.05) is 6.54 Å². The minimum absolute atomic E-state index is 0.390. The Labute approximate surface area is 95.7 Å². The van der Waals surface area contributed by atoms with Crippen LogP contribution >= 0.6 is 0 Å². The summed E-state index contributed by atoms with van der Waals surface area (Å²) >= 11 is 0. The van der Waals surface area contributed by atoms with Gasteiger partial charge in [-0.15, -0.1) is 0 Å². The Morgan fingerprint density at radius 2 is 1.88 bits per heavy atom. The molecule has 16 heavy (non-hydrogen) atoms. The average Bonchev–Trinajstić information content (AvgIpc) is 2.79. The van der Waals surface area contributed by atoms with Crippen LogP contribution in [0.5, 0.6) is 0 Å². The van der Waals surface area contributed by atoms with E-state index in [0.29, 0.717) is 6.54 Å². The molecule has 1 heterocycles. The van der Waals surface area contributed by atoms with Gasteiger partial charge in [0.1, 0.15) is 0 Å². The molecule has 0 radical (unpaired) electrons. The fourth-order valence-corrected chi connectivity index (χ4v) is 2.23. The monoisotopic (exact) mass is 219 g/mol. The highest BCUT2D eigenvalue weighted by Gasteiger charge is 2.24. The van der Waals surface area contributed by atoms with Gasteiger partial charge in [0.25, 0.3) is 0 Å². The minimum Gasteiger partial charge on any atom is -0.481 e. The maximum absolute atomic E-state index is 11.3. The van der Waals surface area contributed by atoms with Gasteiger partial charge in [0.2, 0.25) is 0 Å². The van der Waals surface area contributed by atoms with Crippen molar-refractivity contribution >= 4 is 5.97 Å². The summed E-state index contributed by atoms with van der Waals surface area (Å²) in [5, 5.41) is 9.26. The Hall–Kier alpha value is -1.35. The Morgan fingerprint density at radius 1 is 1.25 bits per heavy atom. The van der Waals surface area contributed by atoms with Gasteiger partial charge in [0.15, 0.2) is 0 Å². The molecule has 1 aromatic rings. The van der Waals surface area contributed by atoms with E-state index in [2.05, 4.69) is 4.90 Å². The van der Waals surface area contributed by atoms with Crippen LogP contribution in [0.15, 0.2) is 30.3 Å². The maximum atomic E-state index is 11.3. The summed E-state index contributed by atoms with van der Waals surface area (Å²) in [6.45, 7) is 2.71. The molecule has 2 rings (SSSR count). The first-order chi connectivity index (χ1) is 7.77. The van der Waals surface area contributed by atoms with Gasteiger partial charge in [-0.05, 0) is 31.5 Å². The van der Waals surface area contributed by atoms with Crippen LogP contribution in [0.25, 0.3) is 0 Å². The lowest BCUT2D eigenvalue weighted by Crippen LogP contribution is -2.29. The predicted molar refractivity (Wildman–Crippen MR) is 62.5 cm³/mol. The third kappa shape index (κ3) is 2.61. The van der Waals surface area contributed by atoms with Crippen molar-refractivity contribution in [2.45, 2.75) is 18.8 Å². The maximum Gasteiger partial charge on any atom is 0.312 e. The zero-order valence-corrected chi connectivity index (χ0v) is 9.30. The largest absolute Gasteiger partial charge is 0.481 e. The van der Waals surface area contributed by atoms with Gasteiger partial charge in [0.05, 0.1) is 5.92 Å². The molecule has 1 saturated heterocycles. The van der Waals surface area contributed by atoms with Crippen molar-refractivity contribution in [2.24, 2.45) is 0 Å². The first-order valence-electron chi connectivity index (χ1n) is 5.77. The molecule has 1 unspecified atom stereocenters. The van der Waals surface area contributed by atoms with E-state index in [0.717, 1.165) is 18.7 Å². The van der Waals surface area contributed by atoms with E-state index in [1.807, 2.05) is 30.3 Å². The molecular formula is C13H17NO2. The quantitative estimate of drug-likeness (QED) is 0.841. The summed E-state index contributed by atoms with van der Waals surface area (Å²) < 4.78 is 0. The molecule has 0 saturated carbocycles. The van der Waals surface area contributed by atoms with Gasteiger partial charge in [-0.1, -0.05) is 30.3 Å². The first kappa shape index (κ1) is 11.1. The second kappa shape index (κ2) is 5.12. The van der Waals surface area contributed by atoms with Gasteiger partial charge in [-0.3, -0.25) is 4.79 Å². The molecule has 0 aromatic heterocycles. The van der Waals surface area contributed by atoms with Crippen LogP contribution in [0.4, 0.5) is 0 Å². The van der Waals surface area contributed by atoms with E-state index in [-0.39, 0.29) is 5.92 Å². The highest BCUT2D eigenvalue weighted by molar-refractivity contribution is 5.76. The van der Waals surface area contributed by atoms with E-state index in [1.165, 1.54) is 12.8 Å². The number of hydrogen-bond acceptors (Lipinski definition) is 2. The fraction of sp³-hybridized carbons (Fsp3) is 0.462. The van der Waals surface area contributed by atoms with Gasteiger partial charge < -0.3 is 10.0 Å². The normalized spacial score (nSPS) is 18.5. The summed E-state index contributed by atoms with van der Waals surface area (Å²) in [4.78, 5) is 13.5. The van der Waals surface area contributed by atoms with Crippen molar-refractivity contribution in [1.82, 2.24) is 4.90 Å². The fourth-order valence-electron chi connectivity index (χ4n) is 2.23. The molecule has 1 aliphatic rings. The Kier molecular flexibility index (Phi) is 3.57. The summed E-state index contributed by atoms with van der Waals surface area (Å²) in [5.41, 5.74) is 0.905. The Morgan fingerprint density at radius 3 is 2.44 bits per heavy atom. The lowest BCUT2D eigenvalue weighted by atomic mass is 9.99. The topological polar surface area (TPSA) is 40.5 Å². The Balaban J connectivity index is 2.08. The molecule has 0 aliphatic carbocycles. The van der Waals surface area contributed by atoms with Crippen molar-refractivity contribution in [1.29, 1.82) is 0 Å². The van der Waals surface area contributed by atoms with Crippen molar-refractivity contribution in [3.8, 4) is 0 Å². The number of carboxylic acid groups (broad SMARTS) is 1. The molecule has 3 nitrogen and oxygen atoms in total. The summed E-state index contributed by atoms with van der Waals surface area (Å²) in [5.74, 6) is -1.11. The zero-order chi connectivity index (χ0) is 11.4.